The van der Waals surface area contributed by atoms with E-state index in [1.54, 1.807) is 0 Å². The van der Waals surface area contributed by atoms with E-state index in [4.69, 9.17) is 9.97 Å². The zero-order valence-corrected chi connectivity index (χ0v) is 33.1. The van der Waals surface area contributed by atoms with Crippen molar-refractivity contribution in [1.82, 2.24) is 15.0 Å². The number of aromatic nitrogens is 3. The summed E-state index contributed by atoms with van der Waals surface area (Å²) in [7, 11) is 0. The van der Waals surface area contributed by atoms with Gasteiger partial charge in [-0.3, -0.25) is 4.98 Å². The van der Waals surface area contributed by atoms with E-state index in [1.807, 2.05) is 67.0 Å². The highest BCUT2D eigenvalue weighted by Crippen LogP contribution is 2.58. The lowest BCUT2D eigenvalue weighted by molar-refractivity contribution is 0.769. The average Bonchev–Trinajstić information content (AvgIpc) is 3.65. The Bertz CT molecular complexity index is 3230. The summed E-state index contributed by atoms with van der Waals surface area (Å²) in [6, 6.07) is 74.9. The van der Waals surface area contributed by atoms with Crippen LogP contribution in [0.1, 0.15) is 27.8 Å². The Morgan fingerprint density at radius 1 is 0.426 bits per heavy atom. The third kappa shape index (κ3) is 6.11. The van der Waals surface area contributed by atoms with Crippen molar-refractivity contribution in [1.29, 1.82) is 5.26 Å². The molecule has 1 aliphatic rings. The minimum atomic E-state index is -0.661. The summed E-state index contributed by atoms with van der Waals surface area (Å²) >= 11 is 0. The Kier molecular flexibility index (Phi) is 8.73. The normalized spacial score (nSPS) is 14.0. The molecule has 61 heavy (non-hydrogen) atoms. The van der Waals surface area contributed by atoms with Gasteiger partial charge in [0, 0.05) is 34.6 Å². The van der Waals surface area contributed by atoms with Gasteiger partial charge in [0.15, 0.2) is 5.82 Å². The highest BCUT2D eigenvalue weighted by Gasteiger charge is 2.47. The lowest BCUT2D eigenvalue weighted by Crippen LogP contribution is -2.28. The maximum absolute atomic E-state index is 9.87. The fourth-order valence-electron chi connectivity index (χ4n) is 9.25. The topological polar surface area (TPSA) is 62.5 Å². The van der Waals surface area contributed by atoms with Gasteiger partial charge >= 0.3 is 0 Å². The molecule has 1 unspecified atom stereocenters. The molecule has 0 amide bonds. The molecule has 284 valence electrons. The summed E-state index contributed by atoms with van der Waals surface area (Å²) in [5, 5.41) is 12.3. The van der Waals surface area contributed by atoms with E-state index >= 15 is 0 Å². The standard InChI is InChI=1S/C57H36N4/c58-36-38-22-26-48(27-23-38)57(47-19-8-3-9-20-47)51-29-25-39-13-10-11-21-49(39)55(51)50-28-24-42(34-52(50)57)44-31-45(43-18-12-30-59-37-43)33-46(32-44)54-35-53(40-14-4-1-5-15-40)60-56(61-54)41-16-6-2-7-17-41/h1-35,37H. The molecule has 0 radical (unpaired) electrons. The number of benzene rings is 8. The van der Waals surface area contributed by atoms with Gasteiger partial charge in [-0.2, -0.15) is 5.26 Å². The predicted octanol–water partition coefficient (Wildman–Crippen LogP) is 13.6. The molecule has 1 atom stereocenters. The van der Waals surface area contributed by atoms with E-state index in [1.165, 1.54) is 38.6 Å². The maximum atomic E-state index is 9.87. The molecule has 1 aliphatic carbocycles. The maximum Gasteiger partial charge on any atom is 0.160 e. The monoisotopic (exact) mass is 776 g/mol. The Balaban J connectivity index is 1.18. The Morgan fingerprint density at radius 3 is 1.77 bits per heavy atom. The summed E-state index contributed by atoms with van der Waals surface area (Å²) in [5.41, 5.74) is 15.9. The third-order valence-electron chi connectivity index (χ3n) is 12.1. The van der Waals surface area contributed by atoms with Gasteiger partial charge in [-0.05, 0) is 109 Å². The smallest absolute Gasteiger partial charge is 0.160 e. The Hall–Kier alpha value is -8.26. The van der Waals surface area contributed by atoms with Gasteiger partial charge in [-0.25, -0.2) is 9.97 Å². The number of hydrogen-bond donors (Lipinski definition) is 0. The molecule has 2 heterocycles. The van der Waals surface area contributed by atoms with Gasteiger partial charge < -0.3 is 0 Å². The SMILES string of the molecule is N#Cc1ccc(C2(c3ccccc3)c3cc(-c4cc(-c5cccnc5)cc(-c5cc(-c6ccccc6)nc(-c6ccccc6)n5)c4)ccc3-c3c2ccc2ccccc32)cc1. The van der Waals surface area contributed by atoms with Gasteiger partial charge in [0.1, 0.15) is 0 Å². The van der Waals surface area contributed by atoms with Crippen molar-refractivity contribution >= 4 is 10.8 Å². The van der Waals surface area contributed by atoms with E-state index < -0.39 is 5.41 Å². The molecule has 0 saturated carbocycles. The van der Waals surface area contributed by atoms with Crippen LogP contribution >= 0.6 is 0 Å². The minimum Gasteiger partial charge on any atom is -0.264 e. The molecule has 8 aromatic carbocycles. The number of rotatable bonds is 7. The van der Waals surface area contributed by atoms with Gasteiger partial charge in [0.05, 0.1) is 28.4 Å². The summed E-state index contributed by atoms with van der Waals surface area (Å²) in [5.74, 6) is 0.669. The lowest BCUT2D eigenvalue weighted by atomic mass is 9.67. The quantitative estimate of drug-likeness (QED) is 0.162. The second kappa shape index (κ2) is 14.8. The summed E-state index contributed by atoms with van der Waals surface area (Å²) in [6.45, 7) is 0. The van der Waals surface area contributed by atoms with Crippen LogP contribution in [0.3, 0.4) is 0 Å². The van der Waals surface area contributed by atoms with Gasteiger partial charge in [0.25, 0.3) is 0 Å². The number of nitrogens with zero attached hydrogens (tertiary/aromatic N) is 4. The Labute approximate surface area is 354 Å². The first-order valence-corrected chi connectivity index (χ1v) is 20.5. The molecule has 0 saturated heterocycles. The summed E-state index contributed by atoms with van der Waals surface area (Å²) in [6.07, 6.45) is 3.73. The first-order chi connectivity index (χ1) is 30.2. The average molecular weight is 777 g/mol. The van der Waals surface area contributed by atoms with Crippen molar-refractivity contribution in [3.63, 3.8) is 0 Å². The lowest BCUT2D eigenvalue weighted by Gasteiger charge is -2.34. The van der Waals surface area contributed by atoms with Crippen LogP contribution in [0, 0.1) is 11.3 Å². The molecule has 4 heteroatoms. The predicted molar refractivity (Wildman–Crippen MR) is 247 cm³/mol. The van der Waals surface area contributed by atoms with E-state index in [9.17, 15) is 5.26 Å². The van der Waals surface area contributed by atoms with Crippen molar-refractivity contribution in [2.24, 2.45) is 0 Å². The number of fused-ring (bicyclic) bond motifs is 5. The number of pyridine rings is 1. The van der Waals surface area contributed by atoms with Crippen molar-refractivity contribution in [3.8, 4) is 73.4 Å². The molecule has 0 spiro atoms. The summed E-state index contributed by atoms with van der Waals surface area (Å²) < 4.78 is 0. The van der Waals surface area contributed by atoms with Gasteiger partial charge in [-0.1, -0.05) is 158 Å². The van der Waals surface area contributed by atoms with Crippen LogP contribution in [0.15, 0.2) is 219 Å². The zero-order chi connectivity index (χ0) is 40.8. The molecule has 4 nitrogen and oxygen atoms in total. The molecular formula is C57H36N4. The zero-order valence-electron chi connectivity index (χ0n) is 33.1. The van der Waals surface area contributed by atoms with Crippen LogP contribution in [-0.4, -0.2) is 15.0 Å². The van der Waals surface area contributed by atoms with Crippen LogP contribution < -0.4 is 0 Å². The Morgan fingerprint density at radius 2 is 1.05 bits per heavy atom. The van der Waals surface area contributed by atoms with E-state index in [-0.39, 0.29) is 0 Å². The first-order valence-electron chi connectivity index (χ1n) is 20.5. The second-order valence-corrected chi connectivity index (χ2v) is 15.5. The van der Waals surface area contributed by atoms with Crippen molar-refractivity contribution in [3.05, 3.63) is 246 Å². The van der Waals surface area contributed by atoms with Crippen LogP contribution in [0.4, 0.5) is 0 Å². The molecule has 10 aromatic rings. The van der Waals surface area contributed by atoms with E-state index in [0.29, 0.717) is 11.4 Å². The fraction of sp³-hybridized carbons (Fsp3) is 0.0175. The number of nitriles is 1. The highest BCUT2D eigenvalue weighted by atomic mass is 14.9. The molecule has 0 aliphatic heterocycles. The minimum absolute atomic E-state index is 0.632. The molecule has 11 rings (SSSR count). The fourth-order valence-corrected chi connectivity index (χ4v) is 9.25. The summed E-state index contributed by atoms with van der Waals surface area (Å²) in [4.78, 5) is 14.9. The van der Waals surface area contributed by atoms with Crippen LogP contribution in [0.5, 0.6) is 0 Å². The second-order valence-electron chi connectivity index (χ2n) is 15.5. The molecule has 0 bridgehead atoms. The highest BCUT2D eigenvalue weighted by molar-refractivity contribution is 6.04. The van der Waals surface area contributed by atoms with Crippen LogP contribution in [0.25, 0.3) is 78.1 Å². The van der Waals surface area contributed by atoms with Crippen molar-refractivity contribution < 1.29 is 0 Å². The molecule has 0 fully saturated rings. The van der Waals surface area contributed by atoms with Crippen LogP contribution in [0.2, 0.25) is 0 Å². The first kappa shape index (κ1) is 35.9. The van der Waals surface area contributed by atoms with E-state index in [2.05, 4.69) is 163 Å². The van der Waals surface area contributed by atoms with E-state index in [0.717, 1.165) is 55.9 Å². The third-order valence-corrected chi connectivity index (χ3v) is 12.1. The largest absolute Gasteiger partial charge is 0.264 e. The molecule has 2 aromatic heterocycles. The molecule has 0 N–H and O–H groups in total. The van der Waals surface area contributed by atoms with Crippen molar-refractivity contribution in [2.45, 2.75) is 5.41 Å². The number of hydrogen-bond acceptors (Lipinski definition) is 4. The molecular weight excluding hydrogens is 741 g/mol. The van der Waals surface area contributed by atoms with Crippen molar-refractivity contribution in [2.75, 3.05) is 0 Å². The van der Waals surface area contributed by atoms with Crippen LogP contribution in [-0.2, 0) is 5.41 Å². The van der Waals surface area contributed by atoms with Gasteiger partial charge in [0.2, 0.25) is 0 Å². The van der Waals surface area contributed by atoms with Gasteiger partial charge in [-0.15, -0.1) is 0 Å².